The van der Waals surface area contributed by atoms with Gasteiger partial charge >= 0.3 is 0 Å². The van der Waals surface area contributed by atoms with Gasteiger partial charge in [-0.15, -0.1) is 0 Å². The number of rotatable bonds is 6. The average Bonchev–Trinajstić information content (AvgIpc) is 2.29. The van der Waals surface area contributed by atoms with Crippen LogP contribution in [0.15, 0.2) is 18.3 Å². The van der Waals surface area contributed by atoms with Crippen molar-refractivity contribution >= 4 is 23.5 Å². The molecule has 16 heavy (non-hydrogen) atoms. The van der Waals surface area contributed by atoms with E-state index < -0.39 is 5.91 Å². The van der Waals surface area contributed by atoms with E-state index in [0.29, 0.717) is 16.6 Å². The lowest BCUT2D eigenvalue weighted by atomic mass is 10.2. The first-order chi connectivity index (χ1) is 7.65. The number of pyridine rings is 1. The average molecular weight is 239 g/mol. The maximum Gasteiger partial charge on any atom is 0.252 e. The minimum absolute atomic E-state index is 0.444. The van der Waals surface area contributed by atoms with Crippen LogP contribution in [0.4, 0.5) is 5.82 Å². The van der Waals surface area contributed by atoms with E-state index in [1.807, 2.05) is 11.8 Å². The fourth-order valence-electron chi connectivity index (χ4n) is 1.26. The molecule has 0 aromatic carbocycles. The molecular weight excluding hydrogens is 222 g/mol. The molecule has 0 spiro atoms. The molecule has 0 aliphatic heterocycles. The Morgan fingerprint density at radius 2 is 2.44 bits per heavy atom. The standard InChI is InChI=1S/C11H17N3OS/c1-8(16-2)5-7-14-11-9(10(12)15)4-3-6-13-11/h3-4,6,8H,5,7H2,1-2H3,(H2,12,15)(H,13,14). The molecule has 0 saturated heterocycles. The van der Waals surface area contributed by atoms with E-state index in [1.54, 1.807) is 18.3 Å². The van der Waals surface area contributed by atoms with Crippen molar-refractivity contribution in [3.8, 4) is 0 Å². The van der Waals surface area contributed by atoms with Gasteiger partial charge in [0.15, 0.2) is 0 Å². The van der Waals surface area contributed by atoms with E-state index in [2.05, 4.69) is 23.5 Å². The Hall–Kier alpha value is -1.23. The molecule has 1 aromatic heterocycles. The number of aromatic nitrogens is 1. The van der Waals surface area contributed by atoms with E-state index >= 15 is 0 Å². The zero-order chi connectivity index (χ0) is 12.0. The molecule has 1 amide bonds. The second kappa shape index (κ2) is 6.37. The van der Waals surface area contributed by atoms with Crippen LogP contribution in [-0.2, 0) is 0 Å². The maximum absolute atomic E-state index is 11.1. The monoisotopic (exact) mass is 239 g/mol. The van der Waals surface area contributed by atoms with Gasteiger partial charge in [-0.1, -0.05) is 6.92 Å². The summed E-state index contributed by atoms with van der Waals surface area (Å²) in [5.74, 6) is 0.122. The van der Waals surface area contributed by atoms with Crippen LogP contribution in [0.2, 0.25) is 0 Å². The minimum atomic E-state index is -0.450. The molecule has 0 aliphatic carbocycles. The Labute approximate surface area is 100 Å². The van der Waals surface area contributed by atoms with Crippen molar-refractivity contribution in [3.05, 3.63) is 23.9 Å². The predicted molar refractivity (Wildman–Crippen MR) is 68.8 cm³/mol. The quantitative estimate of drug-likeness (QED) is 0.793. The van der Waals surface area contributed by atoms with Crippen LogP contribution in [-0.4, -0.2) is 28.9 Å². The highest BCUT2D eigenvalue weighted by Gasteiger charge is 2.08. The van der Waals surface area contributed by atoms with E-state index in [0.717, 1.165) is 13.0 Å². The lowest BCUT2D eigenvalue weighted by Crippen LogP contribution is -2.16. The molecule has 0 fully saturated rings. The number of primary amides is 1. The van der Waals surface area contributed by atoms with Gasteiger partial charge in [0, 0.05) is 18.0 Å². The summed E-state index contributed by atoms with van der Waals surface area (Å²) < 4.78 is 0. The summed E-state index contributed by atoms with van der Waals surface area (Å²) in [6.07, 6.45) is 4.75. The van der Waals surface area contributed by atoms with Crippen molar-refractivity contribution in [2.75, 3.05) is 18.1 Å². The minimum Gasteiger partial charge on any atom is -0.369 e. The molecule has 1 heterocycles. The molecule has 3 N–H and O–H groups in total. The molecule has 4 nitrogen and oxygen atoms in total. The topological polar surface area (TPSA) is 68.0 Å². The lowest BCUT2D eigenvalue weighted by molar-refractivity contribution is 0.100. The number of amides is 1. The van der Waals surface area contributed by atoms with Crippen molar-refractivity contribution in [1.29, 1.82) is 0 Å². The fraction of sp³-hybridized carbons (Fsp3) is 0.455. The van der Waals surface area contributed by atoms with E-state index in [9.17, 15) is 4.79 Å². The predicted octanol–water partition coefficient (Wildman–Crippen LogP) is 1.73. The number of hydrogen-bond acceptors (Lipinski definition) is 4. The van der Waals surface area contributed by atoms with Crippen molar-refractivity contribution in [3.63, 3.8) is 0 Å². The largest absolute Gasteiger partial charge is 0.369 e. The molecule has 1 atom stereocenters. The number of nitrogens with zero attached hydrogens (tertiary/aromatic N) is 1. The van der Waals surface area contributed by atoms with Crippen LogP contribution in [0.3, 0.4) is 0 Å². The van der Waals surface area contributed by atoms with Crippen molar-refractivity contribution < 1.29 is 4.79 Å². The van der Waals surface area contributed by atoms with Crippen molar-refractivity contribution in [1.82, 2.24) is 4.98 Å². The molecule has 5 heteroatoms. The first-order valence-corrected chi connectivity index (χ1v) is 6.45. The van der Waals surface area contributed by atoms with Gasteiger partial charge in [-0.3, -0.25) is 4.79 Å². The van der Waals surface area contributed by atoms with E-state index in [-0.39, 0.29) is 0 Å². The van der Waals surface area contributed by atoms with Gasteiger partial charge in [0.1, 0.15) is 5.82 Å². The molecule has 0 saturated carbocycles. The highest BCUT2D eigenvalue weighted by atomic mass is 32.2. The highest BCUT2D eigenvalue weighted by Crippen LogP contribution is 2.13. The second-order valence-electron chi connectivity index (χ2n) is 3.53. The molecule has 0 radical (unpaired) electrons. The number of hydrogen-bond donors (Lipinski definition) is 2. The molecule has 1 unspecified atom stereocenters. The van der Waals surface area contributed by atoms with Gasteiger partial charge in [0.25, 0.3) is 5.91 Å². The molecule has 0 bridgehead atoms. The Morgan fingerprint density at radius 1 is 1.69 bits per heavy atom. The number of carbonyl (C=O) groups excluding carboxylic acids is 1. The van der Waals surface area contributed by atoms with Crippen LogP contribution in [0.1, 0.15) is 23.7 Å². The van der Waals surface area contributed by atoms with Gasteiger partial charge < -0.3 is 11.1 Å². The number of carbonyl (C=O) groups is 1. The molecular formula is C11H17N3OS. The SMILES string of the molecule is CSC(C)CCNc1ncccc1C(N)=O. The summed E-state index contributed by atoms with van der Waals surface area (Å²) >= 11 is 1.82. The third-order valence-electron chi connectivity index (χ3n) is 2.32. The number of nitrogens with one attached hydrogen (secondary N) is 1. The third-order valence-corrected chi connectivity index (χ3v) is 3.36. The van der Waals surface area contributed by atoms with Gasteiger partial charge in [-0.25, -0.2) is 4.98 Å². The van der Waals surface area contributed by atoms with Gasteiger partial charge in [0.2, 0.25) is 0 Å². The van der Waals surface area contributed by atoms with Gasteiger partial charge in [-0.05, 0) is 24.8 Å². The zero-order valence-electron chi connectivity index (χ0n) is 9.56. The third kappa shape index (κ3) is 3.73. The normalized spacial score (nSPS) is 12.1. The summed E-state index contributed by atoms with van der Waals surface area (Å²) in [6.45, 7) is 2.96. The summed E-state index contributed by atoms with van der Waals surface area (Å²) in [4.78, 5) is 15.2. The fourth-order valence-corrected chi connectivity index (χ4v) is 1.61. The van der Waals surface area contributed by atoms with E-state index in [1.165, 1.54) is 0 Å². The number of thioether (sulfide) groups is 1. The molecule has 88 valence electrons. The highest BCUT2D eigenvalue weighted by molar-refractivity contribution is 7.99. The number of nitrogens with two attached hydrogens (primary N) is 1. The Morgan fingerprint density at radius 3 is 3.06 bits per heavy atom. The van der Waals surface area contributed by atoms with Crippen LogP contribution in [0.5, 0.6) is 0 Å². The second-order valence-corrected chi connectivity index (χ2v) is 4.80. The van der Waals surface area contributed by atoms with Crippen LogP contribution in [0, 0.1) is 0 Å². The molecule has 1 rings (SSSR count). The summed E-state index contributed by atoms with van der Waals surface area (Å²) in [7, 11) is 0. The molecule has 1 aromatic rings. The summed E-state index contributed by atoms with van der Waals surface area (Å²) in [5.41, 5.74) is 5.69. The molecule has 0 aliphatic rings. The lowest BCUT2D eigenvalue weighted by Gasteiger charge is -2.11. The smallest absolute Gasteiger partial charge is 0.252 e. The Balaban J connectivity index is 2.56. The van der Waals surface area contributed by atoms with Crippen molar-refractivity contribution in [2.24, 2.45) is 5.73 Å². The van der Waals surface area contributed by atoms with Crippen LogP contribution in [0.25, 0.3) is 0 Å². The van der Waals surface area contributed by atoms with Gasteiger partial charge in [-0.2, -0.15) is 11.8 Å². The maximum atomic E-state index is 11.1. The first-order valence-electron chi connectivity index (χ1n) is 5.16. The summed E-state index contributed by atoms with van der Waals surface area (Å²) in [6, 6.07) is 3.38. The van der Waals surface area contributed by atoms with E-state index in [4.69, 9.17) is 5.73 Å². The van der Waals surface area contributed by atoms with Crippen LogP contribution >= 0.6 is 11.8 Å². The summed E-state index contributed by atoms with van der Waals surface area (Å²) in [5, 5.41) is 3.73. The first kappa shape index (κ1) is 12.8. The number of anilines is 1. The zero-order valence-corrected chi connectivity index (χ0v) is 10.4. The van der Waals surface area contributed by atoms with Crippen molar-refractivity contribution in [2.45, 2.75) is 18.6 Å². The Kier molecular flexibility index (Phi) is 5.11. The van der Waals surface area contributed by atoms with Gasteiger partial charge in [0.05, 0.1) is 5.56 Å². The Bertz CT molecular complexity index is 357. The van der Waals surface area contributed by atoms with Crippen LogP contribution < -0.4 is 11.1 Å².